The fraction of sp³-hybridized carbons (Fsp3) is 0.571. The maximum Gasteiger partial charge on any atom is 0.401 e. The summed E-state index contributed by atoms with van der Waals surface area (Å²) in [6.07, 6.45) is 5.95. The molecular weight excluding hydrogens is 295 g/mol. The first-order valence-corrected chi connectivity index (χ1v) is 7.35. The Hall–Kier alpha value is -1.83. The van der Waals surface area contributed by atoms with Gasteiger partial charge in [-0.2, -0.15) is 18.3 Å². The minimum absolute atomic E-state index is 0.0647. The molecule has 0 aliphatic heterocycles. The van der Waals surface area contributed by atoms with Gasteiger partial charge in [-0.05, 0) is 25.7 Å². The van der Waals surface area contributed by atoms with Crippen LogP contribution in [0.2, 0.25) is 0 Å². The van der Waals surface area contributed by atoms with Gasteiger partial charge in [-0.1, -0.05) is 0 Å². The molecule has 1 fully saturated rings. The molecule has 2 aromatic heterocycles. The predicted molar refractivity (Wildman–Crippen MR) is 74.7 cm³/mol. The summed E-state index contributed by atoms with van der Waals surface area (Å²) in [5.41, 5.74) is 0. The van der Waals surface area contributed by atoms with Crippen LogP contribution in [0.15, 0.2) is 31.0 Å². The number of hydrogen-bond acceptors (Lipinski definition) is 3. The molecule has 8 heteroatoms. The monoisotopic (exact) mass is 313 g/mol. The van der Waals surface area contributed by atoms with Crippen LogP contribution in [0.5, 0.6) is 0 Å². The first-order chi connectivity index (χ1) is 10.5. The molecule has 2 aromatic rings. The zero-order chi connectivity index (χ0) is 15.6. The zero-order valence-corrected chi connectivity index (χ0v) is 12.0. The van der Waals surface area contributed by atoms with E-state index in [-0.39, 0.29) is 12.1 Å². The van der Waals surface area contributed by atoms with E-state index < -0.39 is 12.7 Å². The number of rotatable bonds is 4. The van der Waals surface area contributed by atoms with Crippen molar-refractivity contribution in [1.82, 2.24) is 24.6 Å². The SMILES string of the molecule is FC(F)(F)CN[C@H]1CC[C@@H](n2nccc2-n2ccnc2)CC1. The minimum Gasteiger partial charge on any atom is -0.306 e. The molecule has 1 aliphatic rings. The van der Waals surface area contributed by atoms with E-state index in [9.17, 15) is 13.2 Å². The van der Waals surface area contributed by atoms with E-state index in [2.05, 4.69) is 15.4 Å². The standard InChI is InChI=1S/C14H18F3N5/c15-14(16,17)9-19-11-1-3-12(4-2-11)22-13(5-6-20-22)21-8-7-18-10-21/h5-8,10-12,19H,1-4,9H2/t11-,12+. The smallest absolute Gasteiger partial charge is 0.306 e. The Morgan fingerprint density at radius 1 is 1.18 bits per heavy atom. The van der Waals surface area contributed by atoms with E-state index in [1.54, 1.807) is 18.7 Å². The van der Waals surface area contributed by atoms with Crippen LogP contribution in [0.3, 0.4) is 0 Å². The topological polar surface area (TPSA) is 47.7 Å². The normalized spacial score (nSPS) is 22.9. The maximum absolute atomic E-state index is 12.2. The Bertz CT molecular complexity index is 582. The zero-order valence-electron chi connectivity index (χ0n) is 12.0. The van der Waals surface area contributed by atoms with Gasteiger partial charge in [0.1, 0.15) is 12.1 Å². The Labute approximate surface area is 126 Å². The Morgan fingerprint density at radius 2 is 1.95 bits per heavy atom. The van der Waals surface area contributed by atoms with E-state index in [1.807, 2.05) is 21.5 Å². The molecule has 0 saturated heterocycles. The van der Waals surface area contributed by atoms with Crippen molar-refractivity contribution in [3.8, 4) is 5.82 Å². The molecule has 0 radical (unpaired) electrons. The molecule has 2 heterocycles. The molecule has 3 rings (SSSR count). The molecule has 0 bridgehead atoms. The van der Waals surface area contributed by atoms with Crippen LogP contribution in [0, 0.1) is 0 Å². The van der Waals surface area contributed by atoms with Crippen LogP contribution < -0.4 is 5.32 Å². The van der Waals surface area contributed by atoms with Crippen molar-refractivity contribution in [2.45, 2.75) is 43.9 Å². The van der Waals surface area contributed by atoms with Gasteiger partial charge in [-0.15, -0.1) is 0 Å². The van der Waals surface area contributed by atoms with Crippen molar-refractivity contribution in [3.63, 3.8) is 0 Å². The summed E-state index contributed by atoms with van der Waals surface area (Å²) >= 11 is 0. The lowest BCUT2D eigenvalue weighted by Gasteiger charge is -2.30. The van der Waals surface area contributed by atoms with Crippen LogP contribution in [-0.4, -0.2) is 38.1 Å². The highest BCUT2D eigenvalue weighted by molar-refractivity contribution is 5.21. The van der Waals surface area contributed by atoms with Crippen LogP contribution in [0.4, 0.5) is 13.2 Å². The second-order valence-electron chi connectivity index (χ2n) is 5.61. The van der Waals surface area contributed by atoms with Gasteiger partial charge >= 0.3 is 6.18 Å². The number of halogens is 3. The summed E-state index contributed by atoms with van der Waals surface area (Å²) in [5, 5.41) is 6.97. The number of nitrogens with zero attached hydrogens (tertiary/aromatic N) is 4. The third-order valence-corrected chi connectivity index (χ3v) is 4.05. The fourth-order valence-electron chi connectivity index (χ4n) is 2.97. The van der Waals surface area contributed by atoms with Crippen LogP contribution in [-0.2, 0) is 0 Å². The van der Waals surface area contributed by atoms with Gasteiger partial charge in [0.25, 0.3) is 0 Å². The second-order valence-corrected chi connectivity index (χ2v) is 5.61. The molecule has 22 heavy (non-hydrogen) atoms. The molecule has 0 aromatic carbocycles. The molecule has 120 valence electrons. The average Bonchev–Trinajstić information content (AvgIpc) is 3.15. The molecule has 0 spiro atoms. The summed E-state index contributed by atoms with van der Waals surface area (Å²) in [5.74, 6) is 0.934. The number of alkyl halides is 3. The van der Waals surface area contributed by atoms with Gasteiger partial charge < -0.3 is 5.32 Å². The highest BCUT2D eigenvalue weighted by atomic mass is 19.4. The number of hydrogen-bond donors (Lipinski definition) is 1. The third kappa shape index (κ3) is 3.49. The predicted octanol–water partition coefficient (Wildman–Crippen LogP) is 2.70. The highest BCUT2D eigenvalue weighted by Gasteiger charge is 2.30. The maximum atomic E-state index is 12.2. The quantitative estimate of drug-likeness (QED) is 0.944. The Morgan fingerprint density at radius 3 is 2.59 bits per heavy atom. The second kappa shape index (κ2) is 6.12. The van der Waals surface area contributed by atoms with Crippen molar-refractivity contribution < 1.29 is 13.2 Å². The fourth-order valence-corrected chi connectivity index (χ4v) is 2.97. The number of nitrogens with one attached hydrogen (secondary N) is 1. The van der Waals surface area contributed by atoms with E-state index in [0.717, 1.165) is 31.5 Å². The third-order valence-electron chi connectivity index (χ3n) is 4.05. The summed E-state index contributed by atoms with van der Waals surface area (Å²) in [6, 6.07) is 2.07. The molecule has 1 aliphatic carbocycles. The molecule has 0 unspecified atom stereocenters. The van der Waals surface area contributed by atoms with Gasteiger partial charge in [0.05, 0.1) is 18.8 Å². The molecule has 0 amide bonds. The lowest BCUT2D eigenvalue weighted by atomic mass is 9.91. The largest absolute Gasteiger partial charge is 0.401 e. The van der Waals surface area contributed by atoms with Crippen molar-refractivity contribution in [1.29, 1.82) is 0 Å². The van der Waals surface area contributed by atoms with Gasteiger partial charge in [0.15, 0.2) is 0 Å². The molecular formula is C14H18F3N5. The molecule has 5 nitrogen and oxygen atoms in total. The molecule has 1 saturated carbocycles. The van der Waals surface area contributed by atoms with Gasteiger partial charge in [-0.25, -0.2) is 9.67 Å². The lowest BCUT2D eigenvalue weighted by Crippen LogP contribution is -2.39. The van der Waals surface area contributed by atoms with E-state index >= 15 is 0 Å². The van der Waals surface area contributed by atoms with Gasteiger partial charge in [0, 0.05) is 24.5 Å². The summed E-state index contributed by atoms with van der Waals surface area (Å²) in [7, 11) is 0. The lowest BCUT2D eigenvalue weighted by molar-refractivity contribution is -0.126. The van der Waals surface area contributed by atoms with Crippen LogP contribution in [0.25, 0.3) is 5.82 Å². The molecule has 0 atom stereocenters. The van der Waals surface area contributed by atoms with Crippen LogP contribution >= 0.6 is 0 Å². The van der Waals surface area contributed by atoms with E-state index in [4.69, 9.17) is 0 Å². The van der Waals surface area contributed by atoms with E-state index in [1.165, 1.54) is 0 Å². The molecule has 1 N–H and O–H groups in total. The van der Waals surface area contributed by atoms with Gasteiger partial charge in [0.2, 0.25) is 0 Å². The summed E-state index contributed by atoms with van der Waals surface area (Å²) in [4.78, 5) is 4.03. The van der Waals surface area contributed by atoms with Crippen molar-refractivity contribution in [2.24, 2.45) is 0 Å². The summed E-state index contributed by atoms with van der Waals surface area (Å²) < 4.78 is 40.5. The minimum atomic E-state index is -4.15. The van der Waals surface area contributed by atoms with E-state index in [0.29, 0.717) is 0 Å². The number of imidazole rings is 1. The first-order valence-electron chi connectivity index (χ1n) is 7.35. The number of aromatic nitrogens is 4. The van der Waals surface area contributed by atoms with Crippen LogP contribution in [0.1, 0.15) is 31.7 Å². The summed E-state index contributed by atoms with van der Waals surface area (Å²) in [6.45, 7) is -0.912. The highest BCUT2D eigenvalue weighted by Crippen LogP contribution is 2.30. The average molecular weight is 313 g/mol. The van der Waals surface area contributed by atoms with Gasteiger partial charge in [-0.3, -0.25) is 4.57 Å². The Balaban J connectivity index is 1.59. The van der Waals surface area contributed by atoms with Crippen molar-refractivity contribution in [3.05, 3.63) is 31.0 Å². The first kappa shape index (κ1) is 15.1. The van der Waals surface area contributed by atoms with Crippen molar-refractivity contribution in [2.75, 3.05) is 6.54 Å². The van der Waals surface area contributed by atoms with Crippen molar-refractivity contribution >= 4 is 0 Å². The Kier molecular flexibility index (Phi) is 4.19.